The standard InChI is InChI=1S/C18H16ClF3N6O/c19-14-8-12(7-13(10-14)18(20,21)22)9-17(29)27-5-3-26(4-6-27)16-2-1-15-24-23-11-28(15)25-16/h1-2,7-8,10-11H,3-6,9H2. The summed E-state index contributed by atoms with van der Waals surface area (Å²) >= 11 is 5.80. The molecule has 0 atom stereocenters. The second kappa shape index (κ2) is 7.51. The number of aromatic nitrogens is 4. The number of anilines is 1. The molecule has 1 aromatic carbocycles. The highest BCUT2D eigenvalue weighted by Gasteiger charge is 2.31. The summed E-state index contributed by atoms with van der Waals surface area (Å²) in [6.07, 6.45) is -3.12. The van der Waals surface area contributed by atoms with Gasteiger partial charge < -0.3 is 9.80 Å². The molecule has 0 saturated carbocycles. The third kappa shape index (κ3) is 4.26. The molecule has 2 aromatic heterocycles. The van der Waals surface area contributed by atoms with Crippen molar-refractivity contribution >= 4 is 29.0 Å². The molecular weight excluding hydrogens is 409 g/mol. The summed E-state index contributed by atoms with van der Waals surface area (Å²) in [5.74, 6) is 0.510. The maximum Gasteiger partial charge on any atom is 0.416 e. The van der Waals surface area contributed by atoms with E-state index in [1.165, 1.54) is 12.4 Å². The highest BCUT2D eigenvalue weighted by molar-refractivity contribution is 6.30. The van der Waals surface area contributed by atoms with Gasteiger partial charge in [0, 0.05) is 31.2 Å². The summed E-state index contributed by atoms with van der Waals surface area (Å²) < 4.78 is 40.4. The van der Waals surface area contributed by atoms with Crippen LogP contribution in [0.25, 0.3) is 5.65 Å². The fraction of sp³-hybridized carbons (Fsp3) is 0.333. The van der Waals surface area contributed by atoms with E-state index >= 15 is 0 Å². The number of hydrogen-bond donors (Lipinski definition) is 0. The van der Waals surface area contributed by atoms with Gasteiger partial charge in [-0.15, -0.1) is 15.3 Å². The lowest BCUT2D eigenvalue weighted by Gasteiger charge is -2.35. The zero-order chi connectivity index (χ0) is 20.6. The lowest BCUT2D eigenvalue weighted by molar-refractivity contribution is -0.138. The molecular formula is C18H16ClF3N6O. The third-order valence-electron chi connectivity index (χ3n) is 4.74. The molecule has 3 aromatic rings. The molecule has 3 heterocycles. The van der Waals surface area contributed by atoms with Crippen LogP contribution in [0.1, 0.15) is 11.1 Å². The van der Waals surface area contributed by atoms with Crippen molar-refractivity contribution in [1.82, 2.24) is 24.7 Å². The molecule has 11 heteroatoms. The van der Waals surface area contributed by atoms with E-state index in [1.807, 2.05) is 17.0 Å². The van der Waals surface area contributed by atoms with Gasteiger partial charge in [0.2, 0.25) is 5.91 Å². The Labute approximate surface area is 168 Å². The molecule has 1 fully saturated rings. The maximum atomic E-state index is 12.9. The second-order valence-corrected chi connectivity index (χ2v) is 7.15. The number of nitrogens with zero attached hydrogens (tertiary/aromatic N) is 6. The van der Waals surface area contributed by atoms with Crippen molar-refractivity contribution in [2.45, 2.75) is 12.6 Å². The van der Waals surface area contributed by atoms with Crippen molar-refractivity contribution in [2.24, 2.45) is 0 Å². The fourth-order valence-corrected chi connectivity index (χ4v) is 3.53. The Morgan fingerprint density at radius 1 is 1.10 bits per heavy atom. The van der Waals surface area contributed by atoms with E-state index in [0.717, 1.165) is 18.0 Å². The van der Waals surface area contributed by atoms with Crippen molar-refractivity contribution < 1.29 is 18.0 Å². The van der Waals surface area contributed by atoms with Gasteiger partial charge in [-0.2, -0.15) is 17.7 Å². The van der Waals surface area contributed by atoms with Gasteiger partial charge in [0.15, 0.2) is 5.65 Å². The van der Waals surface area contributed by atoms with E-state index < -0.39 is 11.7 Å². The maximum absolute atomic E-state index is 12.9. The number of piperazine rings is 1. The van der Waals surface area contributed by atoms with Crippen molar-refractivity contribution in [3.63, 3.8) is 0 Å². The van der Waals surface area contributed by atoms with Crippen molar-refractivity contribution in [2.75, 3.05) is 31.1 Å². The Morgan fingerprint density at radius 2 is 1.86 bits per heavy atom. The van der Waals surface area contributed by atoms with Crippen LogP contribution in [0.5, 0.6) is 0 Å². The molecule has 0 aliphatic carbocycles. The zero-order valence-corrected chi connectivity index (χ0v) is 15.9. The lowest BCUT2D eigenvalue weighted by atomic mass is 10.1. The van der Waals surface area contributed by atoms with Gasteiger partial charge in [-0.05, 0) is 35.9 Å². The first-order chi connectivity index (χ1) is 13.8. The number of rotatable bonds is 3. The van der Waals surface area contributed by atoms with Gasteiger partial charge in [0.1, 0.15) is 12.1 Å². The predicted molar refractivity (Wildman–Crippen MR) is 99.7 cm³/mol. The van der Waals surface area contributed by atoms with Crippen LogP contribution in [-0.2, 0) is 17.4 Å². The third-order valence-corrected chi connectivity index (χ3v) is 4.96. The van der Waals surface area contributed by atoms with Gasteiger partial charge in [-0.3, -0.25) is 4.79 Å². The smallest absolute Gasteiger partial charge is 0.352 e. The van der Waals surface area contributed by atoms with E-state index in [4.69, 9.17) is 11.6 Å². The molecule has 1 amide bonds. The normalized spacial score (nSPS) is 15.2. The molecule has 1 saturated heterocycles. The molecule has 0 N–H and O–H groups in total. The summed E-state index contributed by atoms with van der Waals surface area (Å²) in [4.78, 5) is 16.2. The topological polar surface area (TPSA) is 66.6 Å². The minimum atomic E-state index is -4.51. The minimum absolute atomic E-state index is 0.0390. The number of carbonyl (C=O) groups excluding carboxylic acids is 1. The van der Waals surface area contributed by atoms with E-state index in [0.29, 0.717) is 31.8 Å². The lowest BCUT2D eigenvalue weighted by Crippen LogP contribution is -2.49. The quantitative estimate of drug-likeness (QED) is 0.646. The van der Waals surface area contributed by atoms with Gasteiger partial charge >= 0.3 is 6.18 Å². The first-order valence-electron chi connectivity index (χ1n) is 8.86. The van der Waals surface area contributed by atoms with Crippen molar-refractivity contribution in [3.8, 4) is 0 Å². The number of amides is 1. The van der Waals surface area contributed by atoms with Crippen LogP contribution in [0, 0.1) is 0 Å². The number of halogens is 4. The van der Waals surface area contributed by atoms with Crippen LogP contribution in [0.15, 0.2) is 36.7 Å². The highest BCUT2D eigenvalue weighted by Crippen LogP contribution is 2.32. The van der Waals surface area contributed by atoms with Crippen molar-refractivity contribution in [1.29, 1.82) is 0 Å². The zero-order valence-electron chi connectivity index (χ0n) is 15.1. The Morgan fingerprint density at radius 3 is 2.59 bits per heavy atom. The molecule has 0 unspecified atom stereocenters. The number of hydrogen-bond acceptors (Lipinski definition) is 5. The molecule has 0 bridgehead atoms. The van der Waals surface area contributed by atoms with E-state index in [1.54, 1.807) is 9.42 Å². The largest absolute Gasteiger partial charge is 0.416 e. The van der Waals surface area contributed by atoms with Crippen LogP contribution in [0.2, 0.25) is 5.02 Å². The summed E-state index contributed by atoms with van der Waals surface area (Å²) in [6, 6.07) is 6.87. The predicted octanol–water partition coefficient (Wildman–Crippen LogP) is 2.69. The summed E-state index contributed by atoms with van der Waals surface area (Å²) in [5, 5.41) is 12.1. The summed E-state index contributed by atoms with van der Waals surface area (Å²) in [5.41, 5.74) is 0.0346. The molecule has 0 radical (unpaired) electrons. The molecule has 29 heavy (non-hydrogen) atoms. The van der Waals surface area contributed by atoms with Crippen LogP contribution >= 0.6 is 11.6 Å². The van der Waals surface area contributed by atoms with Gasteiger partial charge in [-0.25, -0.2) is 0 Å². The fourth-order valence-electron chi connectivity index (χ4n) is 3.27. The number of benzene rings is 1. The monoisotopic (exact) mass is 424 g/mol. The first kappa shape index (κ1) is 19.4. The van der Waals surface area contributed by atoms with Crippen LogP contribution in [0.4, 0.5) is 19.0 Å². The average molecular weight is 425 g/mol. The Bertz CT molecular complexity index is 1050. The SMILES string of the molecule is O=C(Cc1cc(Cl)cc(C(F)(F)F)c1)N1CCN(c2ccc3nncn3n2)CC1. The summed E-state index contributed by atoms with van der Waals surface area (Å²) in [7, 11) is 0. The Kier molecular flexibility index (Phi) is 5.03. The van der Waals surface area contributed by atoms with E-state index in [2.05, 4.69) is 15.3 Å². The van der Waals surface area contributed by atoms with Gasteiger partial charge in [0.25, 0.3) is 0 Å². The van der Waals surface area contributed by atoms with Crippen LogP contribution in [-0.4, -0.2) is 56.8 Å². The number of carbonyl (C=O) groups is 1. The molecule has 7 nitrogen and oxygen atoms in total. The second-order valence-electron chi connectivity index (χ2n) is 6.72. The Balaban J connectivity index is 1.39. The number of fused-ring (bicyclic) bond motifs is 1. The first-order valence-corrected chi connectivity index (χ1v) is 9.24. The number of alkyl halides is 3. The van der Waals surface area contributed by atoms with Gasteiger partial charge in [0.05, 0.1) is 12.0 Å². The van der Waals surface area contributed by atoms with Gasteiger partial charge in [-0.1, -0.05) is 11.6 Å². The van der Waals surface area contributed by atoms with E-state index in [-0.39, 0.29) is 22.9 Å². The molecule has 4 rings (SSSR count). The van der Waals surface area contributed by atoms with Crippen LogP contribution < -0.4 is 4.90 Å². The molecule has 1 aliphatic rings. The average Bonchev–Trinajstić information content (AvgIpc) is 3.15. The molecule has 0 spiro atoms. The highest BCUT2D eigenvalue weighted by atomic mass is 35.5. The van der Waals surface area contributed by atoms with Crippen LogP contribution in [0.3, 0.4) is 0 Å². The Hall–Kier alpha value is -2.88. The molecule has 152 valence electrons. The van der Waals surface area contributed by atoms with E-state index in [9.17, 15) is 18.0 Å². The van der Waals surface area contributed by atoms with Crippen molar-refractivity contribution in [3.05, 3.63) is 52.8 Å². The molecule has 1 aliphatic heterocycles. The summed E-state index contributed by atoms with van der Waals surface area (Å²) in [6.45, 7) is 2.03. The minimum Gasteiger partial charge on any atom is -0.352 e.